The van der Waals surface area contributed by atoms with Crippen LogP contribution in [0.25, 0.3) is 0 Å². The molecule has 1 heterocycles. The van der Waals surface area contributed by atoms with Gasteiger partial charge in [0.1, 0.15) is 5.54 Å². The molecule has 2 unspecified atom stereocenters. The molecule has 0 aromatic rings. The highest BCUT2D eigenvalue weighted by Crippen LogP contribution is 2.29. The van der Waals surface area contributed by atoms with Gasteiger partial charge in [-0.2, -0.15) is 11.8 Å². The lowest BCUT2D eigenvalue weighted by molar-refractivity contribution is -0.147. The van der Waals surface area contributed by atoms with Crippen molar-refractivity contribution in [1.82, 2.24) is 5.32 Å². The van der Waals surface area contributed by atoms with Crippen molar-refractivity contribution in [2.24, 2.45) is 11.8 Å². The number of thioether (sulfide) groups is 1. The van der Waals surface area contributed by atoms with Gasteiger partial charge in [-0.3, -0.25) is 4.79 Å². The molecule has 0 spiro atoms. The molecule has 1 rings (SSSR count). The highest BCUT2D eigenvalue weighted by molar-refractivity contribution is 7.99. The van der Waals surface area contributed by atoms with Gasteiger partial charge in [0.15, 0.2) is 0 Å². The highest BCUT2D eigenvalue weighted by Gasteiger charge is 2.44. The van der Waals surface area contributed by atoms with Crippen molar-refractivity contribution in [3.8, 4) is 0 Å². The molecule has 1 aliphatic rings. The van der Waals surface area contributed by atoms with Crippen molar-refractivity contribution < 1.29 is 14.7 Å². The second-order valence-electron chi connectivity index (χ2n) is 5.32. The van der Waals surface area contributed by atoms with Gasteiger partial charge < -0.3 is 10.4 Å². The van der Waals surface area contributed by atoms with Crippen molar-refractivity contribution in [2.45, 2.75) is 45.6 Å². The van der Waals surface area contributed by atoms with Crippen LogP contribution in [-0.2, 0) is 9.59 Å². The Morgan fingerprint density at radius 3 is 2.50 bits per heavy atom. The summed E-state index contributed by atoms with van der Waals surface area (Å²) >= 11 is 1.59. The van der Waals surface area contributed by atoms with Crippen molar-refractivity contribution in [2.75, 3.05) is 11.5 Å². The molecular weight excluding hydrogens is 250 g/mol. The zero-order chi connectivity index (χ0) is 13.8. The molecule has 104 valence electrons. The van der Waals surface area contributed by atoms with Gasteiger partial charge in [0.25, 0.3) is 0 Å². The minimum absolute atomic E-state index is 0.0863. The maximum atomic E-state index is 12.3. The molecule has 0 saturated carbocycles. The Labute approximate surface area is 113 Å². The number of hydrogen-bond donors (Lipinski definition) is 2. The van der Waals surface area contributed by atoms with E-state index in [0.29, 0.717) is 12.2 Å². The van der Waals surface area contributed by atoms with Crippen LogP contribution in [-0.4, -0.2) is 34.0 Å². The fourth-order valence-electron chi connectivity index (χ4n) is 2.29. The van der Waals surface area contributed by atoms with E-state index in [1.165, 1.54) is 0 Å². The lowest BCUT2D eigenvalue weighted by atomic mass is 9.89. The quantitative estimate of drug-likeness (QED) is 0.778. The van der Waals surface area contributed by atoms with E-state index in [4.69, 9.17) is 0 Å². The standard InChI is InChI=1S/C13H23NO3S/c1-4-5-10(9(2)3)11(15)14-13(12(16)17)6-7-18-8-13/h9-10H,4-8H2,1-3H3,(H,14,15)(H,16,17). The number of carbonyl (C=O) groups excluding carboxylic acids is 1. The zero-order valence-electron chi connectivity index (χ0n) is 11.4. The van der Waals surface area contributed by atoms with E-state index in [2.05, 4.69) is 5.32 Å². The number of aliphatic carboxylic acids is 1. The van der Waals surface area contributed by atoms with Crippen LogP contribution >= 0.6 is 11.8 Å². The number of carboxylic acid groups (broad SMARTS) is 1. The fraction of sp³-hybridized carbons (Fsp3) is 0.846. The number of hydrogen-bond acceptors (Lipinski definition) is 3. The summed E-state index contributed by atoms with van der Waals surface area (Å²) < 4.78 is 0. The predicted molar refractivity (Wildman–Crippen MR) is 73.7 cm³/mol. The molecule has 0 bridgehead atoms. The highest BCUT2D eigenvalue weighted by atomic mass is 32.2. The summed E-state index contributed by atoms with van der Waals surface area (Å²) in [4.78, 5) is 23.6. The molecule has 1 fully saturated rings. The van der Waals surface area contributed by atoms with Gasteiger partial charge in [-0.05, 0) is 24.5 Å². The van der Waals surface area contributed by atoms with Gasteiger partial charge in [-0.25, -0.2) is 4.79 Å². The maximum absolute atomic E-state index is 12.3. The monoisotopic (exact) mass is 273 g/mol. The third-order valence-electron chi connectivity index (χ3n) is 3.53. The van der Waals surface area contributed by atoms with Gasteiger partial charge in [-0.1, -0.05) is 27.2 Å². The third-order valence-corrected chi connectivity index (χ3v) is 4.72. The second-order valence-corrected chi connectivity index (χ2v) is 6.42. The van der Waals surface area contributed by atoms with Gasteiger partial charge in [-0.15, -0.1) is 0 Å². The second kappa shape index (κ2) is 6.45. The molecule has 2 N–H and O–H groups in total. The van der Waals surface area contributed by atoms with Crippen molar-refractivity contribution in [1.29, 1.82) is 0 Å². The summed E-state index contributed by atoms with van der Waals surface area (Å²) in [6.07, 6.45) is 2.27. The van der Waals surface area contributed by atoms with Gasteiger partial charge >= 0.3 is 5.97 Å². The topological polar surface area (TPSA) is 66.4 Å². The summed E-state index contributed by atoms with van der Waals surface area (Å²) in [5, 5.41) is 12.1. The Kier molecular flexibility index (Phi) is 5.50. The molecule has 2 atom stereocenters. The number of rotatable bonds is 6. The van der Waals surface area contributed by atoms with E-state index in [0.717, 1.165) is 18.6 Å². The Balaban J connectivity index is 2.74. The molecule has 0 aromatic carbocycles. The largest absolute Gasteiger partial charge is 0.479 e. The zero-order valence-corrected chi connectivity index (χ0v) is 12.2. The van der Waals surface area contributed by atoms with Crippen LogP contribution in [0, 0.1) is 11.8 Å². The Bertz CT molecular complexity index is 311. The molecular formula is C13H23NO3S. The molecule has 1 saturated heterocycles. The number of nitrogens with one attached hydrogen (secondary N) is 1. The first-order valence-corrected chi connectivity index (χ1v) is 7.71. The van der Waals surface area contributed by atoms with Crippen LogP contribution in [0.1, 0.15) is 40.0 Å². The van der Waals surface area contributed by atoms with Crippen molar-refractivity contribution in [3.63, 3.8) is 0 Å². The summed E-state index contributed by atoms with van der Waals surface area (Å²) in [5.74, 6) is 0.427. The Morgan fingerprint density at radius 1 is 1.44 bits per heavy atom. The molecule has 0 radical (unpaired) electrons. The van der Waals surface area contributed by atoms with E-state index < -0.39 is 11.5 Å². The molecule has 0 aromatic heterocycles. The molecule has 1 amide bonds. The average molecular weight is 273 g/mol. The third kappa shape index (κ3) is 3.40. The molecule has 18 heavy (non-hydrogen) atoms. The lowest BCUT2D eigenvalue weighted by Gasteiger charge is -2.28. The van der Waals surface area contributed by atoms with Gasteiger partial charge in [0.2, 0.25) is 5.91 Å². The molecule has 4 nitrogen and oxygen atoms in total. The first-order chi connectivity index (χ1) is 8.43. The van der Waals surface area contributed by atoms with E-state index in [9.17, 15) is 14.7 Å². The maximum Gasteiger partial charge on any atom is 0.330 e. The Hall–Kier alpha value is -0.710. The number of carbonyl (C=O) groups is 2. The summed E-state index contributed by atoms with van der Waals surface area (Å²) in [6, 6.07) is 0. The first kappa shape index (κ1) is 15.3. The van der Waals surface area contributed by atoms with E-state index in [1.54, 1.807) is 11.8 Å². The van der Waals surface area contributed by atoms with Crippen molar-refractivity contribution in [3.05, 3.63) is 0 Å². The number of amides is 1. The Morgan fingerprint density at radius 2 is 2.11 bits per heavy atom. The average Bonchev–Trinajstić information content (AvgIpc) is 2.75. The van der Waals surface area contributed by atoms with Crippen LogP contribution < -0.4 is 5.32 Å². The summed E-state index contributed by atoms with van der Waals surface area (Å²) in [6.45, 7) is 6.06. The fourth-order valence-corrected chi connectivity index (χ4v) is 3.62. The first-order valence-electron chi connectivity index (χ1n) is 6.56. The van der Waals surface area contributed by atoms with E-state index in [1.807, 2.05) is 20.8 Å². The van der Waals surface area contributed by atoms with Crippen LogP contribution in [0.4, 0.5) is 0 Å². The lowest BCUT2D eigenvalue weighted by Crippen LogP contribution is -2.56. The smallest absolute Gasteiger partial charge is 0.330 e. The number of carboxylic acids is 1. The molecule has 1 aliphatic heterocycles. The molecule has 5 heteroatoms. The summed E-state index contributed by atoms with van der Waals surface area (Å²) in [7, 11) is 0. The summed E-state index contributed by atoms with van der Waals surface area (Å²) in [5.41, 5.74) is -1.04. The van der Waals surface area contributed by atoms with E-state index >= 15 is 0 Å². The van der Waals surface area contributed by atoms with Crippen molar-refractivity contribution >= 4 is 23.6 Å². The SMILES string of the molecule is CCCC(C(=O)NC1(C(=O)O)CCSC1)C(C)C. The predicted octanol–water partition coefficient (Wildman–Crippen LogP) is 2.14. The molecule has 0 aliphatic carbocycles. The van der Waals surface area contributed by atoms with Crippen LogP contribution in [0.5, 0.6) is 0 Å². The van der Waals surface area contributed by atoms with E-state index in [-0.39, 0.29) is 17.7 Å². The van der Waals surface area contributed by atoms with Gasteiger partial charge in [0, 0.05) is 11.7 Å². The van der Waals surface area contributed by atoms with Crippen LogP contribution in [0.2, 0.25) is 0 Å². The normalized spacial score (nSPS) is 25.1. The minimum Gasteiger partial charge on any atom is -0.479 e. The van der Waals surface area contributed by atoms with Crippen LogP contribution in [0.15, 0.2) is 0 Å². The van der Waals surface area contributed by atoms with Crippen LogP contribution in [0.3, 0.4) is 0 Å². The van der Waals surface area contributed by atoms with Gasteiger partial charge in [0.05, 0.1) is 0 Å². The minimum atomic E-state index is -1.04.